The molecule has 0 fully saturated rings. The Morgan fingerprint density at radius 2 is 2.13 bits per heavy atom. The summed E-state index contributed by atoms with van der Waals surface area (Å²) in [4.78, 5) is 4.64. The van der Waals surface area contributed by atoms with Gasteiger partial charge in [-0.3, -0.25) is 9.39 Å². The molecule has 2 aromatic rings. The zero-order chi connectivity index (χ0) is 15.2. The van der Waals surface area contributed by atoms with Crippen LogP contribution in [-0.2, 0) is 6.42 Å². The number of halogens is 1. The third kappa shape index (κ3) is 4.66. The summed E-state index contributed by atoms with van der Waals surface area (Å²) in [6.07, 6.45) is 9.32. The van der Waals surface area contributed by atoms with E-state index in [1.165, 1.54) is 0 Å². The van der Waals surface area contributed by atoms with Gasteiger partial charge in [0.15, 0.2) is 11.6 Å². The maximum absolute atomic E-state index is 4.64. The number of nitrogens with zero attached hydrogens (tertiary/aromatic N) is 4. The first kappa shape index (κ1) is 17.7. The van der Waals surface area contributed by atoms with Crippen LogP contribution in [0.1, 0.15) is 25.6 Å². The number of hydrogen-bond acceptors (Lipinski definition) is 3. The van der Waals surface area contributed by atoms with Gasteiger partial charge in [0.1, 0.15) is 5.82 Å². The lowest BCUT2D eigenvalue weighted by atomic mass is 10.2. The molecule has 1 aliphatic carbocycles. The van der Waals surface area contributed by atoms with E-state index >= 15 is 0 Å². The Morgan fingerprint density at radius 1 is 1.30 bits per heavy atom. The summed E-state index contributed by atoms with van der Waals surface area (Å²) in [6.45, 7) is 3.63. The summed E-state index contributed by atoms with van der Waals surface area (Å²) in [5, 5.41) is 15.2. The van der Waals surface area contributed by atoms with Crippen LogP contribution in [0.15, 0.2) is 41.5 Å². The molecule has 124 valence electrons. The van der Waals surface area contributed by atoms with Gasteiger partial charge in [-0.25, -0.2) is 0 Å². The number of fused-ring (bicyclic) bond motifs is 1. The number of hydrogen-bond donors (Lipinski definition) is 2. The maximum Gasteiger partial charge on any atom is 0.191 e. The van der Waals surface area contributed by atoms with Crippen LogP contribution in [0.4, 0.5) is 0 Å². The smallest absolute Gasteiger partial charge is 0.191 e. The molecular formula is C16H23IN6. The van der Waals surface area contributed by atoms with Crippen LogP contribution in [0, 0.1) is 0 Å². The highest BCUT2D eigenvalue weighted by Gasteiger charge is 2.11. The predicted molar refractivity (Wildman–Crippen MR) is 103 cm³/mol. The highest BCUT2D eigenvalue weighted by atomic mass is 127. The van der Waals surface area contributed by atoms with Gasteiger partial charge in [-0.15, -0.1) is 34.2 Å². The quantitative estimate of drug-likeness (QED) is 0.333. The normalized spacial score (nSPS) is 14.9. The van der Waals surface area contributed by atoms with E-state index in [1.807, 2.05) is 28.8 Å². The largest absolute Gasteiger partial charge is 0.357 e. The van der Waals surface area contributed by atoms with Crippen LogP contribution in [0.25, 0.3) is 5.65 Å². The van der Waals surface area contributed by atoms with Crippen molar-refractivity contribution in [3.8, 4) is 0 Å². The van der Waals surface area contributed by atoms with Crippen molar-refractivity contribution < 1.29 is 0 Å². The average Bonchev–Trinajstić information content (AvgIpc) is 3.18. The highest BCUT2D eigenvalue weighted by molar-refractivity contribution is 14.0. The van der Waals surface area contributed by atoms with Crippen molar-refractivity contribution in [2.45, 2.75) is 32.2 Å². The van der Waals surface area contributed by atoms with Crippen LogP contribution in [0.2, 0.25) is 0 Å². The lowest BCUT2D eigenvalue weighted by Crippen LogP contribution is -2.42. The second kappa shape index (κ2) is 8.85. The lowest BCUT2D eigenvalue weighted by Gasteiger charge is -2.16. The van der Waals surface area contributed by atoms with Gasteiger partial charge in [-0.05, 0) is 31.9 Å². The fourth-order valence-electron chi connectivity index (χ4n) is 2.58. The van der Waals surface area contributed by atoms with E-state index in [0.29, 0.717) is 12.6 Å². The summed E-state index contributed by atoms with van der Waals surface area (Å²) >= 11 is 0. The molecule has 0 aromatic carbocycles. The number of aliphatic imine (C=N–C) groups is 1. The van der Waals surface area contributed by atoms with Gasteiger partial charge >= 0.3 is 0 Å². The van der Waals surface area contributed by atoms with Crippen molar-refractivity contribution in [2.24, 2.45) is 4.99 Å². The van der Waals surface area contributed by atoms with Gasteiger partial charge in [0.2, 0.25) is 0 Å². The average molecular weight is 426 g/mol. The maximum atomic E-state index is 4.64. The molecule has 0 unspecified atom stereocenters. The molecule has 2 aromatic heterocycles. The molecule has 3 rings (SSSR count). The van der Waals surface area contributed by atoms with E-state index in [1.54, 1.807) is 0 Å². The molecule has 0 saturated carbocycles. The summed E-state index contributed by atoms with van der Waals surface area (Å²) in [7, 11) is 0. The number of pyridine rings is 1. The summed E-state index contributed by atoms with van der Waals surface area (Å²) in [5.74, 6) is 1.82. The fourth-order valence-corrected chi connectivity index (χ4v) is 2.58. The fraction of sp³-hybridized carbons (Fsp3) is 0.438. The SMILES string of the molecule is CCNC(=NCCc1nnc2ccccn12)NC1CC=CC1.I. The molecule has 0 amide bonds. The van der Waals surface area contributed by atoms with Gasteiger partial charge in [-0.1, -0.05) is 18.2 Å². The van der Waals surface area contributed by atoms with Gasteiger partial charge in [0, 0.05) is 31.7 Å². The Morgan fingerprint density at radius 3 is 2.91 bits per heavy atom. The monoisotopic (exact) mass is 426 g/mol. The van der Waals surface area contributed by atoms with E-state index < -0.39 is 0 Å². The van der Waals surface area contributed by atoms with Gasteiger partial charge < -0.3 is 10.6 Å². The molecule has 7 heteroatoms. The van der Waals surface area contributed by atoms with Crippen LogP contribution < -0.4 is 10.6 Å². The first-order valence-corrected chi connectivity index (χ1v) is 7.85. The van der Waals surface area contributed by atoms with E-state index in [2.05, 4.69) is 44.9 Å². The Hall–Kier alpha value is -1.64. The molecule has 2 heterocycles. The molecule has 6 nitrogen and oxygen atoms in total. The molecule has 0 bridgehead atoms. The first-order chi connectivity index (χ1) is 10.9. The number of aromatic nitrogens is 3. The summed E-state index contributed by atoms with van der Waals surface area (Å²) in [5.41, 5.74) is 0.878. The van der Waals surface area contributed by atoms with E-state index in [-0.39, 0.29) is 24.0 Å². The first-order valence-electron chi connectivity index (χ1n) is 7.85. The summed E-state index contributed by atoms with van der Waals surface area (Å²) < 4.78 is 2.01. The van der Waals surface area contributed by atoms with Crippen molar-refractivity contribution in [1.82, 2.24) is 25.2 Å². The van der Waals surface area contributed by atoms with Crippen LogP contribution in [0.5, 0.6) is 0 Å². The third-order valence-electron chi connectivity index (χ3n) is 3.68. The Labute approximate surface area is 153 Å². The van der Waals surface area contributed by atoms with Crippen molar-refractivity contribution in [2.75, 3.05) is 13.1 Å². The van der Waals surface area contributed by atoms with E-state index in [0.717, 1.165) is 43.2 Å². The van der Waals surface area contributed by atoms with Crippen molar-refractivity contribution in [1.29, 1.82) is 0 Å². The van der Waals surface area contributed by atoms with Crippen LogP contribution >= 0.6 is 24.0 Å². The summed E-state index contributed by atoms with van der Waals surface area (Å²) in [6, 6.07) is 6.38. The molecule has 0 spiro atoms. The number of nitrogens with one attached hydrogen (secondary N) is 2. The molecule has 0 aliphatic heterocycles. The molecule has 0 atom stereocenters. The molecule has 0 radical (unpaired) electrons. The van der Waals surface area contributed by atoms with Crippen molar-refractivity contribution in [3.05, 3.63) is 42.4 Å². The zero-order valence-electron chi connectivity index (χ0n) is 13.3. The highest BCUT2D eigenvalue weighted by Crippen LogP contribution is 2.08. The Balaban J connectivity index is 0.00000192. The van der Waals surface area contributed by atoms with Crippen molar-refractivity contribution >= 4 is 35.6 Å². The van der Waals surface area contributed by atoms with Crippen molar-refractivity contribution in [3.63, 3.8) is 0 Å². The van der Waals surface area contributed by atoms with Crippen LogP contribution in [0.3, 0.4) is 0 Å². The number of guanidine groups is 1. The predicted octanol–water partition coefficient (Wildman–Crippen LogP) is 2.16. The second-order valence-electron chi connectivity index (χ2n) is 5.34. The topological polar surface area (TPSA) is 66.6 Å². The second-order valence-corrected chi connectivity index (χ2v) is 5.34. The molecular weight excluding hydrogens is 403 g/mol. The zero-order valence-corrected chi connectivity index (χ0v) is 15.6. The molecule has 23 heavy (non-hydrogen) atoms. The minimum absolute atomic E-state index is 0. The van der Waals surface area contributed by atoms with Gasteiger partial charge in [0.05, 0.1) is 0 Å². The minimum atomic E-state index is 0. The number of rotatable bonds is 5. The Kier molecular flexibility index (Phi) is 6.82. The standard InChI is InChI=1S/C16H22N6.HI/c1-2-17-16(19-13-7-3-4-8-13)18-11-10-15-21-20-14-9-5-6-12-22(14)15;/h3-6,9,12-13H,2,7-8,10-11H2,1H3,(H2,17,18,19);1H. The van der Waals surface area contributed by atoms with Gasteiger partial charge in [0.25, 0.3) is 0 Å². The molecule has 2 N–H and O–H groups in total. The minimum Gasteiger partial charge on any atom is -0.357 e. The lowest BCUT2D eigenvalue weighted by molar-refractivity contribution is 0.633. The third-order valence-corrected chi connectivity index (χ3v) is 3.68. The van der Waals surface area contributed by atoms with E-state index in [9.17, 15) is 0 Å². The Bertz CT molecular complexity index is 670. The van der Waals surface area contributed by atoms with Crippen LogP contribution in [-0.4, -0.2) is 39.7 Å². The van der Waals surface area contributed by atoms with E-state index in [4.69, 9.17) is 0 Å². The van der Waals surface area contributed by atoms with Gasteiger partial charge in [-0.2, -0.15) is 0 Å². The molecule has 1 aliphatic rings. The molecule has 0 saturated heterocycles.